The number of nitrogens with zero attached hydrogens (tertiary/aromatic N) is 1. The van der Waals surface area contributed by atoms with Gasteiger partial charge in [0.15, 0.2) is 0 Å². The summed E-state index contributed by atoms with van der Waals surface area (Å²) >= 11 is 21.5. The first-order valence-corrected chi connectivity index (χ1v) is 8.50. The first-order chi connectivity index (χ1) is 10.0. The molecule has 0 bridgehead atoms. The van der Waals surface area contributed by atoms with Crippen molar-refractivity contribution in [3.63, 3.8) is 0 Å². The van der Waals surface area contributed by atoms with Gasteiger partial charge >= 0.3 is 0 Å². The fourth-order valence-corrected chi connectivity index (χ4v) is 2.81. The van der Waals surface area contributed by atoms with Gasteiger partial charge in [0.2, 0.25) is 5.88 Å². The maximum Gasteiger partial charge on any atom is 0.219 e. The quantitative estimate of drug-likeness (QED) is 0.408. The normalized spacial score (nSPS) is 10.7. The van der Waals surface area contributed by atoms with Crippen LogP contribution in [0.3, 0.4) is 0 Å². The van der Waals surface area contributed by atoms with Gasteiger partial charge in [0.25, 0.3) is 0 Å². The number of ether oxygens (including phenoxy) is 1. The summed E-state index contributed by atoms with van der Waals surface area (Å²) in [6, 6.07) is 7.14. The van der Waals surface area contributed by atoms with Gasteiger partial charge < -0.3 is 4.74 Å². The van der Waals surface area contributed by atoms with Gasteiger partial charge in [0.05, 0.1) is 10.0 Å². The molecule has 0 saturated heterocycles. The molecule has 6 heteroatoms. The van der Waals surface area contributed by atoms with Crippen molar-refractivity contribution in [3.8, 4) is 11.6 Å². The Balaban J connectivity index is 2.34. The molecule has 0 aliphatic rings. The highest BCUT2D eigenvalue weighted by Gasteiger charge is 2.10. The van der Waals surface area contributed by atoms with Crippen molar-refractivity contribution in [2.75, 3.05) is 0 Å². The van der Waals surface area contributed by atoms with Crippen LogP contribution in [0.15, 0.2) is 28.7 Å². The smallest absolute Gasteiger partial charge is 0.219 e. The van der Waals surface area contributed by atoms with Crippen LogP contribution in [0.2, 0.25) is 10.0 Å². The minimum Gasteiger partial charge on any atom is -0.437 e. The van der Waals surface area contributed by atoms with Crippen LogP contribution >= 0.6 is 50.7 Å². The number of rotatable bonds is 5. The van der Waals surface area contributed by atoms with Crippen molar-refractivity contribution >= 4 is 50.7 Å². The van der Waals surface area contributed by atoms with E-state index in [1.165, 1.54) is 0 Å². The molecule has 0 aliphatic carbocycles. The summed E-state index contributed by atoms with van der Waals surface area (Å²) in [5.41, 5.74) is 1.91. The molecule has 1 aromatic carbocycles. The molecule has 0 saturated carbocycles. The highest BCUT2D eigenvalue weighted by Crippen LogP contribution is 2.36. The van der Waals surface area contributed by atoms with Crippen molar-refractivity contribution in [2.24, 2.45) is 0 Å². The summed E-state index contributed by atoms with van der Waals surface area (Å²) < 4.78 is 6.49. The number of aryl methyl sites for hydroxylation is 1. The van der Waals surface area contributed by atoms with Crippen LogP contribution in [0.4, 0.5) is 0 Å². The third kappa shape index (κ3) is 4.49. The van der Waals surface area contributed by atoms with E-state index in [9.17, 15) is 0 Å². The SMILES string of the molecule is CCCc1cc(CCl)cc(Oc2cc(Cl)c(Br)cc2Cl)n1. The molecular formula is C15H13BrCl3NO. The topological polar surface area (TPSA) is 22.1 Å². The van der Waals surface area contributed by atoms with Crippen LogP contribution in [0, 0.1) is 0 Å². The highest BCUT2D eigenvalue weighted by atomic mass is 79.9. The Morgan fingerprint density at radius 3 is 2.57 bits per heavy atom. The van der Waals surface area contributed by atoms with Gasteiger partial charge in [0, 0.05) is 28.2 Å². The highest BCUT2D eigenvalue weighted by molar-refractivity contribution is 9.10. The lowest BCUT2D eigenvalue weighted by Crippen LogP contribution is -1.96. The van der Waals surface area contributed by atoms with E-state index in [0.717, 1.165) is 28.6 Å². The largest absolute Gasteiger partial charge is 0.437 e. The number of hydrogen-bond donors (Lipinski definition) is 0. The van der Waals surface area contributed by atoms with Crippen molar-refractivity contribution in [3.05, 3.63) is 50.0 Å². The number of halogens is 4. The van der Waals surface area contributed by atoms with Crippen molar-refractivity contribution in [1.82, 2.24) is 4.98 Å². The number of benzene rings is 1. The molecule has 0 unspecified atom stereocenters. The van der Waals surface area contributed by atoms with Gasteiger partial charge in [-0.15, -0.1) is 11.6 Å². The number of alkyl halides is 1. The minimum atomic E-state index is 0.407. The second-order valence-corrected chi connectivity index (χ2v) is 6.42. The second-order valence-electron chi connectivity index (χ2n) is 4.49. The van der Waals surface area contributed by atoms with E-state index in [4.69, 9.17) is 39.5 Å². The molecule has 0 atom stereocenters. The van der Waals surface area contributed by atoms with E-state index in [1.54, 1.807) is 18.2 Å². The Labute approximate surface area is 147 Å². The molecule has 0 spiro atoms. The summed E-state index contributed by atoms with van der Waals surface area (Å²) in [5.74, 6) is 1.34. The minimum absolute atomic E-state index is 0.407. The Morgan fingerprint density at radius 2 is 1.90 bits per heavy atom. The lowest BCUT2D eigenvalue weighted by atomic mass is 10.2. The molecule has 0 fully saturated rings. The van der Waals surface area contributed by atoms with Gasteiger partial charge in [-0.3, -0.25) is 0 Å². The van der Waals surface area contributed by atoms with Crippen LogP contribution in [0.1, 0.15) is 24.6 Å². The standard InChI is InChI=1S/C15H13BrCl3NO/c1-2-3-10-4-9(8-17)5-15(20-10)21-14-7-12(18)11(16)6-13(14)19/h4-7H,2-3,8H2,1H3. The van der Waals surface area contributed by atoms with Crippen LogP contribution in [0.25, 0.3) is 0 Å². The van der Waals surface area contributed by atoms with Crippen LogP contribution in [-0.4, -0.2) is 4.98 Å². The average molecular weight is 410 g/mol. The molecule has 0 amide bonds. The Morgan fingerprint density at radius 1 is 1.14 bits per heavy atom. The van der Waals surface area contributed by atoms with Crippen molar-refractivity contribution in [1.29, 1.82) is 0 Å². The molecule has 2 nitrogen and oxygen atoms in total. The number of aromatic nitrogens is 1. The van der Waals surface area contributed by atoms with Gasteiger partial charge in [-0.1, -0.05) is 36.5 Å². The van der Waals surface area contributed by atoms with Gasteiger partial charge in [0.1, 0.15) is 5.75 Å². The summed E-state index contributed by atoms with van der Waals surface area (Å²) in [7, 11) is 0. The predicted octanol–water partition coefficient (Wildman–Crippen LogP) is 6.63. The fourth-order valence-electron chi connectivity index (χ4n) is 1.83. The number of pyridine rings is 1. The van der Waals surface area contributed by atoms with E-state index >= 15 is 0 Å². The first-order valence-electron chi connectivity index (χ1n) is 6.41. The molecule has 0 N–H and O–H groups in total. The molecule has 2 rings (SSSR count). The summed E-state index contributed by atoms with van der Waals surface area (Å²) in [6.45, 7) is 2.10. The van der Waals surface area contributed by atoms with E-state index in [2.05, 4.69) is 27.8 Å². The Bertz CT molecular complexity index is 649. The third-order valence-corrected chi connectivity index (χ3v) is 4.57. The lowest BCUT2D eigenvalue weighted by Gasteiger charge is -2.11. The first kappa shape index (κ1) is 16.9. The average Bonchev–Trinajstić information content (AvgIpc) is 2.45. The number of hydrogen-bond acceptors (Lipinski definition) is 2. The Hall–Kier alpha value is -0.480. The molecule has 0 aliphatic heterocycles. The predicted molar refractivity (Wildman–Crippen MR) is 92.0 cm³/mol. The van der Waals surface area contributed by atoms with Gasteiger partial charge in [-0.05, 0) is 40.0 Å². The van der Waals surface area contributed by atoms with Crippen molar-refractivity contribution < 1.29 is 4.74 Å². The summed E-state index contributed by atoms with van der Waals surface area (Å²) in [6.07, 6.45) is 1.87. The monoisotopic (exact) mass is 407 g/mol. The van der Waals surface area contributed by atoms with Gasteiger partial charge in [-0.2, -0.15) is 0 Å². The zero-order chi connectivity index (χ0) is 15.4. The molecule has 112 valence electrons. The maximum atomic E-state index is 6.16. The molecule has 0 radical (unpaired) electrons. The van der Waals surface area contributed by atoms with Crippen LogP contribution in [-0.2, 0) is 12.3 Å². The Kier molecular flexibility index (Phi) is 6.18. The van der Waals surface area contributed by atoms with Crippen LogP contribution < -0.4 is 4.74 Å². The van der Waals surface area contributed by atoms with Crippen LogP contribution in [0.5, 0.6) is 11.6 Å². The zero-order valence-electron chi connectivity index (χ0n) is 11.3. The summed E-state index contributed by atoms with van der Waals surface area (Å²) in [5, 5.41) is 0.984. The maximum absolute atomic E-state index is 6.16. The second kappa shape index (κ2) is 7.68. The zero-order valence-corrected chi connectivity index (χ0v) is 15.2. The van der Waals surface area contributed by atoms with Gasteiger partial charge in [-0.25, -0.2) is 4.98 Å². The molecular weight excluding hydrogens is 396 g/mol. The lowest BCUT2D eigenvalue weighted by molar-refractivity contribution is 0.460. The fraction of sp³-hybridized carbons (Fsp3) is 0.267. The third-order valence-electron chi connectivity index (χ3n) is 2.76. The van der Waals surface area contributed by atoms with E-state index in [1.807, 2.05) is 6.07 Å². The van der Waals surface area contributed by atoms with Crippen molar-refractivity contribution in [2.45, 2.75) is 25.6 Å². The molecule has 1 aromatic heterocycles. The molecule has 2 aromatic rings. The van der Waals surface area contributed by atoms with E-state index in [-0.39, 0.29) is 0 Å². The molecule has 21 heavy (non-hydrogen) atoms. The van der Waals surface area contributed by atoms with E-state index in [0.29, 0.717) is 27.6 Å². The summed E-state index contributed by atoms with van der Waals surface area (Å²) in [4.78, 5) is 4.47. The van der Waals surface area contributed by atoms with E-state index < -0.39 is 0 Å². The molecule has 1 heterocycles.